The van der Waals surface area contributed by atoms with E-state index >= 15 is 0 Å². The number of likely N-dealkylation sites (N-methyl/N-ethyl adjacent to an activating group) is 1. The molecule has 130 valence electrons. The molecule has 0 saturated carbocycles. The first-order chi connectivity index (χ1) is 10.8. The van der Waals surface area contributed by atoms with Crippen LogP contribution < -0.4 is 5.73 Å². The standard InChI is InChI=1S/C16H24F3N3O/c1-3-21(4-2)10-11-22(9-8-16(17,18)19)15(23)13-6-5-7-14(20)12-13/h5-7,12H,3-4,8-11,20H2,1-2H3. The van der Waals surface area contributed by atoms with Gasteiger partial charge in [0.05, 0.1) is 6.42 Å². The minimum absolute atomic E-state index is 0.255. The van der Waals surface area contributed by atoms with Gasteiger partial charge in [-0.25, -0.2) is 0 Å². The zero-order valence-corrected chi connectivity index (χ0v) is 13.6. The Hall–Kier alpha value is -1.76. The minimum atomic E-state index is -4.29. The Morgan fingerprint density at radius 1 is 1.13 bits per heavy atom. The lowest BCUT2D eigenvalue weighted by molar-refractivity contribution is -0.136. The average molecular weight is 331 g/mol. The van der Waals surface area contributed by atoms with E-state index in [1.165, 1.54) is 11.0 Å². The maximum atomic E-state index is 12.5. The Balaban J connectivity index is 2.82. The zero-order chi connectivity index (χ0) is 17.5. The minimum Gasteiger partial charge on any atom is -0.399 e. The number of nitrogen functional groups attached to an aromatic ring is 1. The highest BCUT2D eigenvalue weighted by atomic mass is 19.4. The van der Waals surface area contributed by atoms with E-state index in [0.29, 0.717) is 17.8 Å². The molecule has 0 heterocycles. The van der Waals surface area contributed by atoms with E-state index in [2.05, 4.69) is 4.90 Å². The Bertz CT molecular complexity index is 502. The van der Waals surface area contributed by atoms with Crippen LogP contribution in [0.15, 0.2) is 24.3 Å². The van der Waals surface area contributed by atoms with Crippen LogP contribution >= 0.6 is 0 Å². The number of hydrogen-bond donors (Lipinski definition) is 1. The molecule has 0 aliphatic rings. The van der Waals surface area contributed by atoms with Gasteiger partial charge in [0, 0.05) is 30.9 Å². The van der Waals surface area contributed by atoms with Crippen molar-refractivity contribution in [3.05, 3.63) is 29.8 Å². The lowest BCUT2D eigenvalue weighted by Gasteiger charge is -2.27. The van der Waals surface area contributed by atoms with Gasteiger partial charge in [0.2, 0.25) is 0 Å². The number of alkyl halides is 3. The summed E-state index contributed by atoms with van der Waals surface area (Å²) in [7, 11) is 0. The number of carbonyl (C=O) groups is 1. The van der Waals surface area contributed by atoms with E-state index < -0.39 is 18.5 Å². The quantitative estimate of drug-likeness (QED) is 0.745. The Morgan fingerprint density at radius 3 is 2.30 bits per heavy atom. The van der Waals surface area contributed by atoms with Gasteiger partial charge in [-0.15, -0.1) is 0 Å². The fraction of sp³-hybridized carbons (Fsp3) is 0.562. The number of anilines is 1. The monoisotopic (exact) mass is 331 g/mol. The SMILES string of the molecule is CCN(CC)CCN(CCC(F)(F)F)C(=O)c1cccc(N)c1. The fourth-order valence-electron chi connectivity index (χ4n) is 2.23. The summed E-state index contributed by atoms with van der Waals surface area (Å²) in [6.07, 6.45) is -5.30. The smallest absolute Gasteiger partial charge is 0.390 e. The molecule has 2 N–H and O–H groups in total. The van der Waals surface area contributed by atoms with E-state index in [0.717, 1.165) is 13.1 Å². The highest BCUT2D eigenvalue weighted by Crippen LogP contribution is 2.20. The van der Waals surface area contributed by atoms with Crippen LogP contribution in [0.25, 0.3) is 0 Å². The molecule has 0 unspecified atom stereocenters. The van der Waals surface area contributed by atoms with Crippen molar-refractivity contribution in [1.29, 1.82) is 0 Å². The Kier molecular flexibility index (Phi) is 7.35. The number of carbonyl (C=O) groups excluding carboxylic acids is 1. The van der Waals surface area contributed by atoms with E-state index in [1.807, 2.05) is 13.8 Å². The van der Waals surface area contributed by atoms with Gasteiger partial charge in [-0.2, -0.15) is 13.2 Å². The molecule has 0 aliphatic heterocycles. The Morgan fingerprint density at radius 2 is 1.78 bits per heavy atom. The molecule has 0 aliphatic carbocycles. The van der Waals surface area contributed by atoms with Crippen LogP contribution in [0.1, 0.15) is 30.6 Å². The number of hydrogen-bond acceptors (Lipinski definition) is 3. The van der Waals surface area contributed by atoms with Crippen LogP contribution in [0.2, 0.25) is 0 Å². The van der Waals surface area contributed by atoms with Crippen LogP contribution in [0.3, 0.4) is 0 Å². The molecular weight excluding hydrogens is 307 g/mol. The molecule has 0 bridgehead atoms. The maximum absolute atomic E-state index is 12.5. The molecule has 0 radical (unpaired) electrons. The molecule has 0 spiro atoms. The van der Waals surface area contributed by atoms with Crippen LogP contribution in [0.5, 0.6) is 0 Å². The van der Waals surface area contributed by atoms with Gasteiger partial charge in [0.15, 0.2) is 0 Å². The topological polar surface area (TPSA) is 49.6 Å². The first-order valence-electron chi connectivity index (χ1n) is 7.70. The van der Waals surface area contributed by atoms with E-state index in [-0.39, 0.29) is 13.1 Å². The summed E-state index contributed by atoms with van der Waals surface area (Å²) in [5, 5.41) is 0. The second kappa shape index (κ2) is 8.76. The van der Waals surface area contributed by atoms with Crippen LogP contribution in [0.4, 0.5) is 18.9 Å². The molecule has 23 heavy (non-hydrogen) atoms. The summed E-state index contributed by atoms with van der Waals surface area (Å²) in [5.74, 6) is -0.422. The predicted molar refractivity (Wildman–Crippen MR) is 85.2 cm³/mol. The van der Waals surface area contributed by atoms with Crippen molar-refractivity contribution >= 4 is 11.6 Å². The van der Waals surface area contributed by atoms with Gasteiger partial charge in [-0.05, 0) is 31.3 Å². The first-order valence-corrected chi connectivity index (χ1v) is 7.70. The van der Waals surface area contributed by atoms with E-state index in [1.54, 1.807) is 18.2 Å². The average Bonchev–Trinajstić information content (AvgIpc) is 2.49. The molecular formula is C16H24F3N3O. The molecule has 0 atom stereocenters. The van der Waals surface area contributed by atoms with Crippen molar-refractivity contribution in [1.82, 2.24) is 9.80 Å². The van der Waals surface area contributed by atoms with E-state index in [4.69, 9.17) is 5.73 Å². The number of halogens is 3. The molecule has 0 fully saturated rings. The number of amides is 1. The third kappa shape index (κ3) is 6.90. The molecule has 0 aromatic heterocycles. The third-order valence-electron chi connectivity index (χ3n) is 3.67. The van der Waals surface area contributed by atoms with Gasteiger partial charge in [-0.3, -0.25) is 4.79 Å². The second-order valence-electron chi connectivity index (χ2n) is 5.31. The van der Waals surface area contributed by atoms with Crippen molar-refractivity contribution in [2.24, 2.45) is 0 Å². The van der Waals surface area contributed by atoms with Crippen molar-refractivity contribution in [3.8, 4) is 0 Å². The first kappa shape index (κ1) is 19.3. The summed E-state index contributed by atoms with van der Waals surface area (Å²) in [4.78, 5) is 15.8. The van der Waals surface area contributed by atoms with Crippen LogP contribution in [-0.4, -0.2) is 54.6 Å². The maximum Gasteiger partial charge on any atom is 0.390 e. The number of nitrogens with zero attached hydrogens (tertiary/aromatic N) is 2. The second-order valence-corrected chi connectivity index (χ2v) is 5.31. The molecule has 1 rings (SSSR count). The number of rotatable bonds is 8. The molecule has 1 aromatic rings. The van der Waals surface area contributed by atoms with Crippen LogP contribution in [0, 0.1) is 0 Å². The fourth-order valence-corrected chi connectivity index (χ4v) is 2.23. The normalized spacial score (nSPS) is 11.7. The zero-order valence-electron chi connectivity index (χ0n) is 13.6. The molecule has 1 aromatic carbocycles. The van der Waals surface area contributed by atoms with Crippen molar-refractivity contribution in [2.75, 3.05) is 38.5 Å². The number of benzene rings is 1. The highest BCUT2D eigenvalue weighted by Gasteiger charge is 2.29. The summed E-state index contributed by atoms with van der Waals surface area (Å²) in [6, 6.07) is 6.30. The number of nitrogens with two attached hydrogens (primary N) is 1. The summed E-state index contributed by atoms with van der Waals surface area (Å²) in [5.41, 5.74) is 6.37. The van der Waals surface area contributed by atoms with Gasteiger partial charge in [0.1, 0.15) is 0 Å². The van der Waals surface area contributed by atoms with Crippen LogP contribution in [-0.2, 0) is 0 Å². The molecule has 0 saturated heterocycles. The molecule has 1 amide bonds. The van der Waals surface area contributed by atoms with Crippen molar-refractivity contribution < 1.29 is 18.0 Å². The predicted octanol–water partition coefficient (Wildman–Crippen LogP) is 3.01. The van der Waals surface area contributed by atoms with Gasteiger partial charge in [0.25, 0.3) is 5.91 Å². The summed E-state index contributed by atoms with van der Waals surface area (Å²) < 4.78 is 37.5. The highest BCUT2D eigenvalue weighted by molar-refractivity contribution is 5.95. The third-order valence-corrected chi connectivity index (χ3v) is 3.67. The molecule has 7 heteroatoms. The summed E-state index contributed by atoms with van der Waals surface area (Å²) >= 11 is 0. The van der Waals surface area contributed by atoms with E-state index in [9.17, 15) is 18.0 Å². The van der Waals surface area contributed by atoms with Gasteiger partial charge >= 0.3 is 6.18 Å². The lowest BCUT2D eigenvalue weighted by atomic mass is 10.1. The Labute approximate surface area is 135 Å². The van der Waals surface area contributed by atoms with Gasteiger partial charge < -0.3 is 15.5 Å². The molecule has 4 nitrogen and oxygen atoms in total. The van der Waals surface area contributed by atoms with Crippen molar-refractivity contribution in [3.63, 3.8) is 0 Å². The lowest BCUT2D eigenvalue weighted by Crippen LogP contribution is -2.40. The van der Waals surface area contributed by atoms with Crippen molar-refractivity contribution in [2.45, 2.75) is 26.4 Å². The largest absolute Gasteiger partial charge is 0.399 e. The summed E-state index contributed by atoms with van der Waals surface area (Å²) in [6.45, 7) is 5.97. The van der Waals surface area contributed by atoms with Gasteiger partial charge in [-0.1, -0.05) is 19.9 Å².